The lowest BCUT2D eigenvalue weighted by atomic mass is 10.0. The van der Waals surface area contributed by atoms with Crippen molar-refractivity contribution in [1.82, 2.24) is 45.3 Å². The van der Waals surface area contributed by atoms with Gasteiger partial charge in [-0.15, -0.1) is 6.58 Å². The number of halogens is 9. The van der Waals surface area contributed by atoms with Gasteiger partial charge in [0.1, 0.15) is 5.82 Å². The van der Waals surface area contributed by atoms with Crippen LogP contribution in [-0.2, 0) is 16.0 Å². The Morgan fingerprint density at radius 2 is 0.965 bits per heavy atom. The van der Waals surface area contributed by atoms with Crippen molar-refractivity contribution >= 4 is 125 Å². The van der Waals surface area contributed by atoms with Gasteiger partial charge in [-0.3, -0.25) is 19.2 Å². The van der Waals surface area contributed by atoms with Crippen molar-refractivity contribution in [3.05, 3.63) is 254 Å². The van der Waals surface area contributed by atoms with Crippen molar-refractivity contribution in [3.8, 4) is 17.1 Å². The van der Waals surface area contributed by atoms with Crippen LogP contribution in [0, 0.1) is 26.6 Å². The van der Waals surface area contributed by atoms with E-state index < -0.39 is 12.0 Å². The van der Waals surface area contributed by atoms with Crippen molar-refractivity contribution < 1.29 is 28.3 Å². The van der Waals surface area contributed by atoms with Crippen molar-refractivity contribution in [1.29, 1.82) is 0 Å². The number of aromatic nitrogens is 6. The van der Waals surface area contributed by atoms with Gasteiger partial charge in [0.2, 0.25) is 0 Å². The fraction of sp³-hybridized carbons (Fsp3) is 0.177. The zero-order valence-corrected chi connectivity index (χ0v) is 53.8. The van der Waals surface area contributed by atoms with E-state index in [4.69, 9.17) is 74.3 Å². The van der Waals surface area contributed by atoms with Crippen LogP contribution in [0.4, 0.5) is 4.39 Å². The Morgan fingerprint density at radius 3 is 1.35 bits per heavy atom. The number of nitrogens with zero attached hydrogens (tertiary/aromatic N) is 6. The lowest BCUT2D eigenvalue weighted by Gasteiger charge is -2.18. The highest BCUT2D eigenvalue weighted by atomic mass is 79.9. The molecule has 0 spiro atoms. The number of carbonyl (C=O) groups is 4. The molecule has 9 rings (SSSR count). The summed E-state index contributed by atoms with van der Waals surface area (Å²) in [5.41, 5.74) is 8.09. The molecule has 3 atom stereocenters. The van der Waals surface area contributed by atoms with Crippen molar-refractivity contribution in [2.45, 2.75) is 65.1 Å². The normalized spacial score (nSPS) is 11.9. The molecule has 3 amide bonds. The zero-order valence-electron chi connectivity index (χ0n) is 46.1. The van der Waals surface area contributed by atoms with Gasteiger partial charge in [-0.25, -0.2) is 18.4 Å². The molecule has 0 bridgehead atoms. The predicted octanol–water partition coefficient (Wildman–Crippen LogP) is 16.6. The monoisotopic (exact) mass is 1390 g/mol. The van der Waals surface area contributed by atoms with Crippen molar-refractivity contribution in [3.63, 3.8) is 0 Å². The maximum atomic E-state index is 13.3. The third-order valence-corrected chi connectivity index (χ3v) is 16.3. The molecule has 1 unspecified atom stereocenters. The summed E-state index contributed by atoms with van der Waals surface area (Å²) in [6, 6.07) is 36.2. The Hall–Kier alpha value is -6.80. The first kappa shape index (κ1) is 65.7. The van der Waals surface area contributed by atoms with E-state index in [1.165, 1.54) is 31.6 Å². The van der Waals surface area contributed by atoms with Gasteiger partial charge in [-0.05, 0) is 148 Å². The van der Waals surface area contributed by atoms with Crippen molar-refractivity contribution in [2.75, 3.05) is 7.11 Å². The average Bonchev–Trinajstić information content (AvgIpc) is 2.64. The molecular formula is C62H54Br2Cl6FN9O5. The Kier molecular flexibility index (Phi) is 23.6. The highest BCUT2D eigenvalue weighted by molar-refractivity contribution is 9.10. The molecule has 0 aliphatic carbocycles. The lowest BCUT2D eigenvalue weighted by Crippen LogP contribution is -2.34. The number of nitrogens with one attached hydrogen (secondary N) is 3. The van der Waals surface area contributed by atoms with E-state index in [-0.39, 0.29) is 42.0 Å². The second-order valence-corrected chi connectivity index (χ2v) is 23.4. The van der Waals surface area contributed by atoms with Crippen LogP contribution in [0.5, 0.6) is 0 Å². The molecule has 3 heterocycles. The van der Waals surface area contributed by atoms with Crippen molar-refractivity contribution in [2.24, 2.45) is 0 Å². The first-order valence-corrected chi connectivity index (χ1v) is 29.8. The van der Waals surface area contributed by atoms with Gasteiger partial charge in [0.05, 0.1) is 125 Å². The molecule has 0 saturated heterocycles. The first-order chi connectivity index (χ1) is 40.5. The summed E-state index contributed by atoms with van der Waals surface area (Å²) in [6.45, 7) is 11.1. The molecule has 23 heteroatoms. The van der Waals surface area contributed by atoms with E-state index in [1.54, 1.807) is 93.9 Å². The maximum absolute atomic E-state index is 13.3. The topological polar surface area (TPSA) is 167 Å². The van der Waals surface area contributed by atoms with E-state index >= 15 is 0 Å². The highest BCUT2D eigenvalue weighted by Crippen LogP contribution is 2.30. The fourth-order valence-electron chi connectivity index (χ4n) is 8.76. The molecule has 9 aromatic rings. The fourth-order valence-corrected chi connectivity index (χ4v) is 10.5. The smallest absolute Gasteiger partial charge is 0.307 e. The van der Waals surface area contributed by atoms with Crippen LogP contribution in [-0.4, -0.2) is 66.2 Å². The van der Waals surface area contributed by atoms with Gasteiger partial charge in [0.25, 0.3) is 17.7 Å². The molecule has 0 radical (unpaired) electrons. The van der Waals surface area contributed by atoms with E-state index in [9.17, 15) is 23.6 Å². The summed E-state index contributed by atoms with van der Waals surface area (Å²) in [5, 5.41) is 24.4. The Bertz CT molecular complexity index is 3910. The van der Waals surface area contributed by atoms with Crippen LogP contribution in [0.3, 0.4) is 0 Å². The van der Waals surface area contributed by atoms with Gasteiger partial charge in [-0.2, -0.15) is 15.3 Å². The second kappa shape index (κ2) is 30.5. The SMILES string of the molecule is C=CC[C@H](NC(=O)c1cnn(-c2ccc(Cl)c(Cl)c2)c1C)c1cccc(Br)c1.COC(=O)CC(NC(=O)c1cnn(-c2ccc(Cl)c(Cl)c2)c1C)c1cccc(Br)c1.Cc1c(C(=O)N[C@@H](C)Cc2cccc(F)c2)cnn1-c1ccc(Cl)c(Cl)c1. The number of carbonyl (C=O) groups excluding carboxylic acids is 4. The molecule has 0 saturated carbocycles. The minimum absolute atomic E-state index is 0.00132. The summed E-state index contributed by atoms with van der Waals surface area (Å²) < 4.78 is 24.8. The summed E-state index contributed by atoms with van der Waals surface area (Å²) in [6.07, 6.45) is 7.48. The molecule has 3 aromatic heterocycles. The number of hydrogen-bond acceptors (Lipinski definition) is 8. The Morgan fingerprint density at radius 1 is 0.565 bits per heavy atom. The molecular weight excluding hydrogens is 1340 g/mol. The summed E-state index contributed by atoms with van der Waals surface area (Å²) in [5.74, 6) is -1.50. The quantitative estimate of drug-likeness (QED) is 0.0598. The minimum Gasteiger partial charge on any atom is -0.469 e. The van der Waals surface area contributed by atoms with Crippen LogP contribution in [0.15, 0.2) is 168 Å². The summed E-state index contributed by atoms with van der Waals surface area (Å²) in [4.78, 5) is 50.4. The van der Waals surface area contributed by atoms with E-state index in [0.717, 1.165) is 31.3 Å². The molecule has 85 heavy (non-hydrogen) atoms. The van der Waals surface area contributed by atoms with Crippen LogP contribution in [0.25, 0.3) is 17.1 Å². The van der Waals surface area contributed by atoms with E-state index in [2.05, 4.69) is 69.7 Å². The molecule has 14 nitrogen and oxygen atoms in total. The zero-order chi connectivity index (χ0) is 61.6. The molecule has 440 valence electrons. The number of esters is 1. The standard InChI is InChI=1S/C21H18BrCl2N3O3.C21H18BrCl2N3O.C20H18Cl2FN3O/c1-12-16(11-25-27(12)15-6-7-17(23)18(24)9-15)21(29)26-19(10-20(28)30-2)13-4-3-5-14(22)8-13;1-3-5-20(14-6-4-7-15(22)10-14)26-21(28)17-12-25-27(13(17)2)16-8-9-18(23)19(24)11-16;1-12(8-14-4-3-5-15(23)9-14)25-20(27)17-11-24-26(13(17)2)16-6-7-18(21)19(22)10-16/h3-9,11,19H,10H2,1-2H3,(H,26,29);3-4,6-12,20H,1,5H2,2H3,(H,26,28);3-7,9-12H,8H2,1-2H3,(H,25,27)/t;20-;12-/m.00/s1. The van der Waals surface area contributed by atoms with Crippen LogP contribution in [0.2, 0.25) is 30.1 Å². The number of hydrogen-bond donors (Lipinski definition) is 3. The Balaban J connectivity index is 0.000000183. The number of amides is 3. The maximum Gasteiger partial charge on any atom is 0.307 e. The van der Waals surface area contributed by atoms with Gasteiger partial charge >= 0.3 is 5.97 Å². The Labute approximate surface area is 537 Å². The van der Waals surface area contributed by atoms with Crippen LogP contribution >= 0.6 is 101 Å². The molecule has 0 fully saturated rings. The average molecular weight is 1400 g/mol. The highest BCUT2D eigenvalue weighted by Gasteiger charge is 2.25. The third-order valence-electron chi connectivity index (χ3n) is 13.1. The van der Waals surface area contributed by atoms with E-state index in [1.807, 2.05) is 75.4 Å². The van der Waals surface area contributed by atoms with Crippen LogP contribution in [0.1, 0.15) is 96.7 Å². The van der Waals surface area contributed by atoms with Gasteiger partial charge in [0.15, 0.2) is 0 Å². The number of methoxy groups -OCH3 is 1. The number of ether oxygens (including phenoxy) is 1. The lowest BCUT2D eigenvalue weighted by molar-refractivity contribution is -0.141. The van der Waals surface area contributed by atoms with Gasteiger partial charge < -0.3 is 20.7 Å². The van der Waals surface area contributed by atoms with Gasteiger partial charge in [-0.1, -0.05) is 144 Å². The predicted molar refractivity (Wildman–Crippen MR) is 342 cm³/mol. The van der Waals surface area contributed by atoms with E-state index in [0.29, 0.717) is 88.1 Å². The number of rotatable bonds is 17. The number of benzene rings is 6. The van der Waals surface area contributed by atoms with Gasteiger partial charge in [0, 0.05) is 15.0 Å². The molecule has 0 aliphatic rings. The minimum atomic E-state index is -0.560. The molecule has 6 aromatic carbocycles. The summed E-state index contributed by atoms with van der Waals surface area (Å²) in [7, 11) is 1.31. The third kappa shape index (κ3) is 17.4. The molecule has 3 N–H and O–H groups in total. The largest absolute Gasteiger partial charge is 0.469 e. The summed E-state index contributed by atoms with van der Waals surface area (Å²) >= 11 is 43.1. The first-order valence-electron chi connectivity index (χ1n) is 25.9. The van der Waals surface area contributed by atoms with Crippen LogP contribution < -0.4 is 16.0 Å². The molecule has 0 aliphatic heterocycles. The second-order valence-electron chi connectivity index (χ2n) is 19.1.